The lowest BCUT2D eigenvalue weighted by molar-refractivity contribution is 0.319. The lowest BCUT2D eigenvalue weighted by Crippen LogP contribution is -2.06. The zero-order chi connectivity index (χ0) is 15.2. The topological polar surface area (TPSA) is 65.1 Å². The second kappa shape index (κ2) is 7.02. The van der Waals surface area contributed by atoms with Crippen molar-refractivity contribution in [3.63, 3.8) is 0 Å². The fourth-order valence-electron chi connectivity index (χ4n) is 2.26. The molecule has 1 heterocycles. The summed E-state index contributed by atoms with van der Waals surface area (Å²) in [5, 5.41) is 7.82. The van der Waals surface area contributed by atoms with Crippen molar-refractivity contribution in [2.45, 2.75) is 33.2 Å². The van der Waals surface area contributed by atoms with Gasteiger partial charge < -0.3 is 15.8 Å². The Bertz CT molecular complexity index is 592. The zero-order valence-corrected chi connectivity index (χ0v) is 13.0. The smallest absolute Gasteiger partial charge is 0.144 e. The highest BCUT2D eigenvalue weighted by Crippen LogP contribution is 2.30. The predicted molar refractivity (Wildman–Crippen MR) is 86.6 cm³/mol. The second-order valence-corrected chi connectivity index (χ2v) is 5.05. The molecule has 5 heteroatoms. The summed E-state index contributed by atoms with van der Waals surface area (Å²) in [5.74, 6) is 0.740. The van der Waals surface area contributed by atoms with Crippen LogP contribution in [0.4, 0.5) is 11.4 Å². The summed E-state index contributed by atoms with van der Waals surface area (Å²) < 4.78 is 7.49. The van der Waals surface area contributed by atoms with E-state index in [0.29, 0.717) is 18.8 Å². The molecule has 0 fully saturated rings. The first-order valence-corrected chi connectivity index (χ1v) is 7.42. The maximum absolute atomic E-state index is 6.16. The van der Waals surface area contributed by atoms with Crippen LogP contribution in [0.2, 0.25) is 0 Å². The zero-order valence-electron chi connectivity index (χ0n) is 13.0. The van der Waals surface area contributed by atoms with Crippen LogP contribution in [0.25, 0.3) is 0 Å². The number of benzene rings is 1. The highest BCUT2D eigenvalue weighted by atomic mass is 16.5. The molecule has 21 heavy (non-hydrogen) atoms. The average molecular weight is 288 g/mol. The van der Waals surface area contributed by atoms with Crippen molar-refractivity contribution in [1.29, 1.82) is 0 Å². The normalized spacial score (nSPS) is 10.6. The van der Waals surface area contributed by atoms with Gasteiger partial charge in [0.05, 0.1) is 23.7 Å². The van der Waals surface area contributed by atoms with Crippen molar-refractivity contribution in [2.24, 2.45) is 7.05 Å². The van der Waals surface area contributed by atoms with Crippen molar-refractivity contribution in [3.05, 3.63) is 35.7 Å². The third-order valence-electron chi connectivity index (χ3n) is 3.32. The average Bonchev–Trinajstić information content (AvgIpc) is 2.85. The Kier molecular flexibility index (Phi) is 5.09. The molecule has 5 nitrogen and oxygen atoms in total. The summed E-state index contributed by atoms with van der Waals surface area (Å²) in [6.07, 6.45) is 3.93. The molecule has 2 aromatic rings. The number of rotatable bonds is 7. The van der Waals surface area contributed by atoms with Gasteiger partial charge in [0.15, 0.2) is 0 Å². The number of ether oxygens (including phenoxy) is 1. The summed E-state index contributed by atoms with van der Waals surface area (Å²) in [6.45, 7) is 5.57. The van der Waals surface area contributed by atoms with Crippen LogP contribution in [-0.4, -0.2) is 16.4 Å². The van der Waals surface area contributed by atoms with E-state index in [4.69, 9.17) is 10.5 Å². The largest absolute Gasteiger partial charge is 0.491 e. The Hall–Kier alpha value is -2.17. The van der Waals surface area contributed by atoms with Gasteiger partial charge in [-0.05, 0) is 25.0 Å². The molecular weight excluding hydrogens is 264 g/mol. The molecule has 0 bridgehead atoms. The van der Waals surface area contributed by atoms with Crippen LogP contribution in [-0.2, 0) is 20.0 Å². The minimum atomic E-state index is 0.660. The van der Waals surface area contributed by atoms with Crippen LogP contribution in [0.3, 0.4) is 0 Å². The first-order valence-electron chi connectivity index (χ1n) is 7.42. The van der Waals surface area contributed by atoms with Crippen LogP contribution in [0.15, 0.2) is 24.4 Å². The summed E-state index contributed by atoms with van der Waals surface area (Å²) in [7, 11) is 1.94. The summed E-state index contributed by atoms with van der Waals surface area (Å²) in [4.78, 5) is 0. The summed E-state index contributed by atoms with van der Waals surface area (Å²) >= 11 is 0. The fraction of sp³-hybridized carbons (Fsp3) is 0.438. The molecule has 0 aliphatic rings. The van der Waals surface area contributed by atoms with E-state index in [9.17, 15) is 0 Å². The minimum absolute atomic E-state index is 0.660. The monoisotopic (exact) mass is 288 g/mol. The lowest BCUT2D eigenvalue weighted by atomic mass is 10.2. The van der Waals surface area contributed by atoms with Crippen molar-refractivity contribution in [1.82, 2.24) is 9.78 Å². The number of hydrogen-bond acceptors (Lipinski definition) is 4. The van der Waals surface area contributed by atoms with E-state index in [0.717, 1.165) is 30.0 Å². The fourth-order valence-corrected chi connectivity index (χ4v) is 2.26. The molecule has 1 aromatic carbocycles. The number of aryl methyl sites for hydroxylation is 2. The second-order valence-electron chi connectivity index (χ2n) is 5.05. The molecule has 0 saturated heterocycles. The highest BCUT2D eigenvalue weighted by Gasteiger charge is 2.09. The molecule has 0 radical (unpaired) electrons. The minimum Gasteiger partial charge on any atom is -0.491 e. The number of para-hydroxylation sites is 1. The van der Waals surface area contributed by atoms with E-state index in [1.807, 2.05) is 36.1 Å². The van der Waals surface area contributed by atoms with Gasteiger partial charge in [0.25, 0.3) is 0 Å². The summed E-state index contributed by atoms with van der Waals surface area (Å²) in [6, 6.07) is 5.82. The molecule has 0 aliphatic carbocycles. The van der Waals surface area contributed by atoms with Crippen molar-refractivity contribution in [2.75, 3.05) is 17.7 Å². The van der Waals surface area contributed by atoms with Crippen LogP contribution in [0.5, 0.6) is 5.75 Å². The Morgan fingerprint density at radius 1 is 1.33 bits per heavy atom. The van der Waals surface area contributed by atoms with E-state index in [1.165, 1.54) is 5.56 Å². The SMILES string of the molecule is CCCOc1cccc(NCc2cn(C)nc2CC)c1N. The third kappa shape index (κ3) is 3.68. The van der Waals surface area contributed by atoms with E-state index in [-0.39, 0.29) is 0 Å². The number of nitrogen functional groups attached to an aromatic ring is 1. The predicted octanol–water partition coefficient (Wildman–Crippen LogP) is 2.97. The maximum Gasteiger partial charge on any atom is 0.144 e. The number of nitrogens with two attached hydrogens (primary N) is 1. The number of aromatic nitrogens is 2. The van der Waals surface area contributed by atoms with Gasteiger partial charge in [0.1, 0.15) is 5.75 Å². The molecule has 2 rings (SSSR count). The molecule has 0 aliphatic heterocycles. The quantitative estimate of drug-likeness (QED) is 0.769. The molecular formula is C16H24N4O. The Morgan fingerprint density at radius 3 is 2.86 bits per heavy atom. The Labute approximate surface area is 126 Å². The van der Waals surface area contributed by atoms with Gasteiger partial charge in [0.2, 0.25) is 0 Å². The first-order chi connectivity index (χ1) is 10.2. The van der Waals surface area contributed by atoms with Crippen molar-refractivity contribution >= 4 is 11.4 Å². The van der Waals surface area contributed by atoms with Crippen LogP contribution in [0.1, 0.15) is 31.5 Å². The molecule has 114 valence electrons. The molecule has 3 N–H and O–H groups in total. The lowest BCUT2D eigenvalue weighted by Gasteiger charge is -2.13. The maximum atomic E-state index is 6.16. The van der Waals surface area contributed by atoms with Crippen LogP contribution in [0, 0.1) is 0 Å². The van der Waals surface area contributed by atoms with E-state index < -0.39 is 0 Å². The standard InChI is InChI=1S/C16H24N4O/c1-4-9-21-15-8-6-7-14(16(15)17)18-10-12-11-20(3)19-13(12)5-2/h6-8,11,18H,4-5,9-10,17H2,1-3H3. The number of anilines is 2. The van der Waals surface area contributed by atoms with E-state index in [2.05, 4.69) is 24.3 Å². The molecule has 0 unspecified atom stereocenters. The first kappa shape index (κ1) is 15.2. The van der Waals surface area contributed by atoms with Gasteiger partial charge >= 0.3 is 0 Å². The van der Waals surface area contributed by atoms with Gasteiger partial charge in [-0.3, -0.25) is 4.68 Å². The molecule has 0 saturated carbocycles. The van der Waals surface area contributed by atoms with Gasteiger partial charge in [-0.2, -0.15) is 5.10 Å². The van der Waals surface area contributed by atoms with Crippen LogP contribution >= 0.6 is 0 Å². The summed E-state index contributed by atoms with van der Waals surface area (Å²) in [5.41, 5.74) is 10.0. The molecule has 1 aromatic heterocycles. The van der Waals surface area contributed by atoms with Gasteiger partial charge in [0, 0.05) is 25.4 Å². The van der Waals surface area contributed by atoms with Crippen molar-refractivity contribution in [3.8, 4) is 5.75 Å². The number of hydrogen-bond donors (Lipinski definition) is 2. The van der Waals surface area contributed by atoms with Crippen molar-refractivity contribution < 1.29 is 4.74 Å². The van der Waals surface area contributed by atoms with Gasteiger partial charge in [-0.1, -0.05) is 19.9 Å². The molecule has 0 spiro atoms. The third-order valence-corrected chi connectivity index (χ3v) is 3.32. The van der Waals surface area contributed by atoms with Gasteiger partial charge in [-0.25, -0.2) is 0 Å². The van der Waals surface area contributed by atoms with Crippen LogP contribution < -0.4 is 15.8 Å². The molecule has 0 atom stereocenters. The molecule has 0 amide bonds. The number of nitrogens with zero attached hydrogens (tertiary/aromatic N) is 2. The highest BCUT2D eigenvalue weighted by molar-refractivity contribution is 5.72. The van der Waals surface area contributed by atoms with E-state index in [1.54, 1.807) is 0 Å². The number of nitrogens with one attached hydrogen (secondary N) is 1. The van der Waals surface area contributed by atoms with Gasteiger partial charge in [-0.15, -0.1) is 0 Å². The van der Waals surface area contributed by atoms with E-state index >= 15 is 0 Å². The Balaban J connectivity index is 2.09. The Morgan fingerprint density at radius 2 is 2.14 bits per heavy atom.